The molecule has 0 bridgehead atoms. The van der Waals surface area contributed by atoms with E-state index in [0.717, 1.165) is 22.7 Å². The first kappa shape index (κ1) is 14.6. The van der Waals surface area contributed by atoms with E-state index in [0.29, 0.717) is 0 Å². The van der Waals surface area contributed by atoms with Crippen LogP contribution in [0.2, 0.25) is 0 Å². The molecule has 3 nitrogen and oxygen atoms in total. The summed E-state index contributed by atoms with van der Waals surface area (Å²) in [6, 6.07) is 25.2. The van der Waals surface area contributed by atoms with Crippen LogP contribution >= 0.6 is 0 Å². The fraction of sp³-hybridized carbons (Fsp3) is 0.0417. The molecule has 1 aliphatic heterocycles. The summed E-state index contributed by atoms with van der Waals surface area (Å²) >= 11 is 0. The third-order valence-corrected chi connectivity index (χ3v) is 5.27. The lowest BCUT2D eigenvalue weighted by atomic mass is 10.0. The molecule has 2 aliphatic rings. The normalized spacial score (nSPS) is 13.5. The number of aliphatic imine (C=N–C) groups is 1. The van der Waals surface area contributed by atoms with E-state index in [9.17, 15) is 0 Å². The fourth-order valence-corrected chi connectivity index (χ4v) is 4.04. The molecule has 6 rings (SSSR count). The molecule has 1 heterocycles. The van der Waals surface area contributed by atoms with Crippen LogP contribution in [0.15, 0.2) is 77.8 Å². The Morgan fingerprint density at radius 3 is 2.37 bits per heavy atom. The van der Waals surface area contributed by atoms with Crippen molar-refractivity contribution in [3.63, 3.8) is 0 Å². The molecule has 0 amide bonds. The quantitative estimate of drug-likeness (QED) is 0.368. The zero-order valence-corrected chi connectivity index (χ0v) is 14.5. The number of hydrogen-bond acceptors (Lipinski definition) is 3. The van der Waals surface area contributed by atoms with Crippen molar-refractivity contribution in [2.24, 2.45) is 4.99 Å². The summed E-state index contributed by atoms with van der Waals surface area (Å²) in [7, 11) is 0. The van der Waals surface area contributed by atoms with Crippen molar-refractivity contribution in [2.75, 3.05) is 6.79 Å². The lowest BCUT2D eigenvalue weighted by molar-refractivity contribution is 0.174. The number of benzene rings is 4. The molecule has 0 unspecified atom stereocenters. The fourth-order valence-electron chi connectivity index (χ4n) is 4.04. The van der Waals surface area contributed by atoms with Crippen molar-refractivity contribution in [1.29, 1.82) is 0 Å². The zero-order valence-electron chi connectivity index (χ0n) is 14.5. The number of nitrogens with zero attached hydrogens (tertiary/aromatic N) is 1. The van der Waals surface area contributed by atoms with Gasteiger partial charge in [0.1, 0.15) is 0 Å². The van der Waals surface area contributed by atoms with Gasteiger partial charge in [-0.2, -0.15) is 0 Å². The molecule has 0 saturated carbocycles. The molecule has 27 heavy (non-hydrogen) atoms. The molecule has 1 aliphatic carbocycles. The van der Waals surface area contributed by atoms with Gasteiger partial charge in [-0.1, -0.05) is 48.5 Å². The van der Waals surface area contributed by atoms with E-state index in [2.05, 4.69) is 54.6 Å². The van der Waals surface area contributed by atoms with Crippen molar-refractivity contribution in [1.82, 2.24) is 0 Å². The molecule has 3 heteroatoms. The van der Waals surface area contributed by atoms with E-state index in [4.69, 9.17) is 14.5 Å². The Hall–Kier alpha value is -3.59. The van der Waals surface area contributed by atoms with Gasteiger partial charge in [0.25, 0.3) is 0 Å². The van der Waals surface area contributed by atoms with Crippen LogP contribution in [-0.2, 0) is 0 Å². The Morgan fingerprint density at radius 2 is 1.48 bits per heavy atom. The van der Waals surface area contributed by atoms with Gasteiger partial charge < -0.3 is 9.47 Å². The second kappa shape index (κ2) is 5.45. The van der Waals surface area contributed by atoms with Crippen LogP contribution < -0.4 is 9.47 Å². The minimum Gasteiger partial charge on any atom is -0.454 e. The summed E-state index contributed by atoms with van der Waals surface area (Å²) in [5, 5.41) is 2.47. The van der Waals surface area contributed by atoms with Gasteiger partial charge in [0.15, 0.2) is 11.5 Å². The van der Waals surface area contributed by atoms with Crippen molar-refractivity contribution < 1.29 is 9.47 Å². The van der Waals surface area contributed by atoms with E-state index in [1.165, 1.54) is 33.0 Å². The van der Waals surface area contributed by atoms with Crippen molar-refractivity contribution in [3.05, 3.63) is 78.4 Å². The maximum absolute atomic E-state index is 5.45. The van der Waals surface area contributed by atoms with Crippen molar-refractivity contribution in [3.8, 4) is 33.8 Å². The predicted molar refractivity (Wildman–Crippen MR) is 108 cm³/mol. The van der Waals surface area contributed by atoms with E-state index >= 15 is 0 Å². The maximum Gasteiger partial charge on any atom is 0.231 e. The molecule has 0 radical (unpaired) electrons. The molecule has 4 aromatic carbocycles. The highest BCUT2D eigenvalue weighted by Gasteiger charge is 2.21. The lowest BCUT2D eigenvalue weighted by Gasteiger charge is -2.05. The molecule has 0 atom stereocenters. The van der Waals surface area contributed by atoms with Crippen LogP contribution in [0.25, 0.3) is 33.0 Å². The number of ether oxygens (including phenoxy) is 2. The molecular weight excluding hydrogens is 334 g/mol. The topological polar surface area (TPSA) is 30.8 Å². The first-order valence-electron chi connectivity index (χ1n) is 8.98. The highest BCUT2D eigenvalue weighted by Crippen LogP contribution is 2.48. The van der Waals surface area contributed by atoms with Gasteiger partial charge in [-0.15, -0.1) is 0 Å². The highest BCUT2D eigenvalue weighted by molar-refractivity contribution is 6.18. The summed E-state index contributed by atoms with van der Waals surface area (Å²) < 4.78 is 10.8. The maximum atomic E-state index is 5.45. The van der Waals surface area contributed by atoms with E-state index in [1.807, 2.05) is 24.4 Å². The lowest BCUT2D eigenvalue weighted by Crippen LogP contribution is -1.92. The second-order valence-corrected chi connectivity index (χ2v) is 6.78. The SMILES string of the molecule is C(=Nc1ccc2c3c(cccc13)-c1ccccc1-2)c1ccc2c(c1)OCO2. The van der Waals surface area contributed by atoms with Gasteiger partial charge in [0.05, 0.1) is 5.69 Å². The van der Waals surface area contributed by atoms with Crippen LogP contribution in [-0.4, -0.2) is 13.0 Å². The first-order valence-corrected chi connectivity index (χ1v) is 8.98. The van der Waals surface area contributed by atoms with Crippen LogP contribution in [0.5, 0.6) is 11.5 Å². The average molecular weight is 349 g/mol. The first-order chi connectivity index (χ1) is 13.4. The van der Waals surface area contributed by atoms with Crippen molar-refractivity contribution >= 4 is 22.7 Å². The third-order valence-electron chi connectivity index (χ3n) is 5.27. The van der Waals surface area contributed by atoms with Gasteiger partial charge in [-0.3, -0.25) is 4.99 Å². The van der Waals surface area contributed by atoms with Crippen LogP contribution in [0.4, 0.5) is 5.69 Å². The summed E-state index contributed by atoms with van der Waals surface area (Å²) in [5.41, 5.74) is 7.15. The molecule has 0 fully saturated rings. The summed E-state index contributed by atoms with van der Waals surface area (Å²) in [6.07, 6.45) is 1.88. The Labute approximate surface area is 156 Å². The molecule has 0 spiro atoms. The number of rotatable bonds is 2. The second-order valence-electron chi connectivity index (χ2n) is 6.78. The van der Waals surface area contributed by atoms with Gasteiger partial charge in [0.2, 0.25) is 6.79 Å². The van der Waals surface area contributed by atoms with Gasteiger partial charge in [-0.05, 0) is 57.5 Å². The monoisotopic (exact) mass is 349 g/mol. The molecule has 0 N–H and O–H groups in total. The van der Waals surface area contributed by atoms with Crippen molar-refractivity contribution in [2.45, 2.75) is 0 Å². The van der Waals surface area contributed by atoms with Crippen LogP contribution in [0, 0.1) is 0 Å². The summed E-state index contributed by atoms with van der Waals surface area (Å²) in [6.45, 7) is 0.283. The Kier molecular flexibility index (Phi) is 2.94. The van der Waals surface area contributed by atoms with Crippen LogP contribution in [0.3, 0.4) is 0 Å². The predicted octanol–water partition coefficient (Wildman–Crippen LogP) is 5.97. The highest BCUT2D eigenvalue weighted by atomic mass is 16.7. The van der Waals surface area contributed by atoms with E-state index < -0.39 is 0 Å². The Balaban J connectivity index is 1.48. The Morgan fingerprint density at radius 1 is 0.704 bits per heavy atom. The smallest absolute Gasteiger partial charge is 0.231 e. The minimum atomic E-state index is 0.283. The van der Waals surface area contributed by atoms with Crippen LogP contribution in [0.1, 0.15) is 5.56 Å². The third kappa shape index (κ3) is 2.12. The van der Waals surface area contributed by atoms with E-state index in [1.54, 1.807) is 0 Å². The molecule has 0 aromatic heterocycles. The van der Waals surface area contributed by atoms with Gasteiger partial charge in [0, 0.05) is 11.6 Å². The minimum absolute atomic E-state index is 0.283. The molecule has 4 aromatic rings. The Bertz CT molecular complexity index is 1230. The van der Waals surface area contributed by atoms with Gasteiger partial charge in [-0.25, -0.2) is 0 Å². The standard InChI is InChI=1S/C24H15NO2/c1-2-5-17-16(4-1)18-6-3-7-20-21(10-9-19(17)24(18)20)25-13-15-8-11-22-23(12-15)27-14-26-22/h1-13H,14H2. The molecule has 128 valence electrons. The molecular formula is C24H15NO2. The molecule has 0 saturated heterocycles. The summed E-state index contributed by atoms with van der Waals surface area (Å²) in [5.74, 6) is 1.56. The largest absolute Gasteiger partial charge is 0.454 e. The number of hydrogen-bond donors (Lipinski definition) is 0. The summed E-state index contributed by atoms with van der Waals surface area (Å²) in [4.78, 5) is 4.78. The zero-order chi connectivity index (χ0) is 17.8. The number of fused-ring (bicyclic) bond motifs is 4. The van der Waals surface area contributed by atoms with E-state index in [-0.39, 0.29) is 6.79 Å². The van der Waals surface area contributed by atoms with Gasteiger partial charge >= 0.3 is 0 Å². The average Bonchev–Trinajstić information content (AvgIpc) is 3.31.